The molecular formula is C6H12N2O4. The molecule has 1 unspecified atom stereocenters. The molecule has 1 amide bonds. The van der Waals surface area contributed by atoms with Crippen LogP contribution in [0.3, 0.4) is 0 Å². The van der Waals surface area contributed by atoms with E-state index in [1.807, 2.05) is 0 Å². The first kappa shape index (κ1) is 10.9. The molecule has 0 aromatic heterocycles. The lowest BCUT2D eigenvalue weighted by Crippen LogP contribution is -2.41. The van der Waals surface area contributed by atoms with Crippen molar-refractivity contribution in [3.8, 4) is 0 Å². The van der Waals surface area contributed by atoms with Gasteiger partial charge in [-0.05, 0) is 6.92 Å². The van der Waals surface area contributed by atoms with Gasteiger partial charge in [0.05, 0.1) is 13.0 Å². The Labute approximate surface area is 69.6 Å². The monoisotopic (exact) mass is 176 g/mol. The zero-order chi connectivity index (χ0) is 9.56. The number of rotatable bonds is 5. The quantitative estimate of drug-likeness (QED) is 0.359. The molecule has 6 nitrogen and oxygen atoms in total. The highest BCUT2D eigenvalue weighted by molar-refractivity contribution is 5.85. The third kappa shape index (κ3) is 3.89. The Morgan fingerprint density at radius 1 is 1.67 bits per heavy atom. The molecule has 6 heteroatoms. The van der Waals surface area contributed by atoms with Crippen LogP contribution in [-0.2, 0) is 14.3 Å². The molecular weight excluding hydrogens is 164 g/mol. The van der Waals surface area contributed by atoms with Crippen molar-refractivity contribution in [2.45, 2.75) is 19.4 Å². The summed E-state index contributed by atoms with van der Waals surface area (Å²) in [4.78, 5) is 21.2. The van der Waals surface area contributed by atoms with Crippen molar-refractivity contribution in [1.29, 1.82) is 0 Å². The average Bonchev–Trinajstić information content (AvgIpc) is 2.00. The molecule has 0 aromatic rings. The summed E-state index contributed by atoms with van der Waals surface area (Å²) in [5.41, 5.74) is 6.44. The van der Waals surface area contributed by atoms with E-state index in [1.54, 1.807) is 12.4 Å². The number of hydrogen-bond donors (Lipinski definition) is 3. The normalized spacial score (nSPS) is 12.2. The largest absolute Gasteiger partial charge is 0.466 e. The van der Waals surface area contributed by atoms with Crippen LogP contribution in [0.25, 0.3) is 0 Å². The number of carbonyl (C=O) groups excluding carboxylic acids is 2. The fourth-order valence-electron chi connectivity index (χ4n) is 0.596. The molecule has 0 bridgehead atoms. The van der Waals surface area contributed by atoms with Crippen molar-refractivity contribution in [2.24, 2.45) is 5.73 Å². The van der Waals surface area contributed by atoms with Gasteiger partial charge < -0.3 is 15.7 Å². The Hall–Kier alpha value is -1.14. The van der Waals surface area contributed by atoms with Crippen LogP contribution in [0.2, 0.25) is 0 Å². The Balaban J connectivity index is 3.85. The lowest BCUT2D eigenvalue weighted by molar-refractivity contribution is -0.146. The zero-order valence-electron chi connectivity index (χ0n) is 6.74. The fourth-order valence-corrected chi connectivity index (χ4v) is 0.596. The van der Waals surface area contributed by atoms with Crippen LogP contribution in [0.1, 0.15) is 13.3 Å². The van der Waals surface area contributed by atoms with Crippen molar-refractivity contribution >= 4 is 11.9 Å². The van der Waals surface area contributed by atoms with Gasteiger partial charge in [0.1, 0.15) is 6.04 Å². The van der Waals surface area contributed by atoms with Crippen molar-refractivity contribution in [3.05, 3.63) is 0 Å². The number of hydrogen-bond acceptors (Lipinski definition) is 5. The molecule has 0 saturated heterocycles. The second-order valence-electron chi connectivity index (χ2n) is 2.09. The Morgan fingerprint density at radius 2 is 2.25 bits per heavy atom. The molecule has 70 valence electrons. The summed E-state index contributed by atoms with van der Waals surface area (Å²) in [5, 5.41) is 8.35. The minimum atomic E-state index is -1.08. The molecule has 4 N–H and O–H groups in total. The van der Waals surface area contributed by atoms with Crippen LogP contribution in [0, 0.1) is 0 Å². The van der Waals surface area contributed by atoms with Gasteiger partial charge in [0.15, 0.2) is 0 Å². The summed E-state index contributed by atoms with van der Waals surface area (Å²) in [7, 11) is 0. The number of amides is 1. The Kier molecular flexibility index (Phi) is 4.98. The van der Waals surface area contributed by atoms with Crippen LogP contribution >= 0.6 is 0 Å². The molecule has 0 aliphatic carbocycles. The van der Waals surface area contributed by atoms with Crippen LogP contribution in [-0.4, -0.2) is 29.7 Å². The van der Waals surface area contributed by atoms with E-state index in [9.17, 15) is 9.59 Å². The third-order valence-electron chi connectivity index (χ3n) is 1.18. The second-order valence-corrected chi connectivity index (χ2v) is 2.09. The highest BCUT2D eigenvalue weighted by Crippen LogP contribution is 1.93. The van der Waals surface area contributed by atoms with Gasteiger partial charge in [-0.25, -0.2) is 0 Å². The van der Waals surface area contributed by atoms with E-state index < -0.39 is 17.9 Å². The molecule has 0 aliphatic heterocycles. The molecule has 1 atom stereocenters. The number of esters is 1. The predicted molar refractivity (Wildman–Crippen MR) is 39.2 cm³/mol. The first-order valence-corrected chi connectivity index (χ1v) is 3.46. The average molecular weight is 176 g/mol. The fraction of sp³-hybridized carbons (Fsp3) is 0.667. The molecule has 0 aromatic carbocycles. The minimum Gasteiger partial charge on any atom is -0.466 e. The van der Waals surface area contributed by atoms with E-state index in [2.05, 4.69) is 4.74 Å². The standard InChI is InChI=1S/C6H12N2O4/c1-2-12-5(9)3-4(8-11)6(7)10/h4,8,11H,2-3H2,1H3,(H2,7,10). The van der Waals surface area contributed by atoms with Crippen molar-refractivity contribution in [3.63, 3.8) is 0 Å². The van der Waals surface area contributed by atoms with Crippen molar-refractivity contribution < 1.29 is 19.5 Å². The summed E-state index contributed by atoms with van der Waals surface area (Å²) in [6.07, 6.45) is -0.264. The number of primary amides is 1. The van der Waals surface area contributed by atoms with Gasteiger partial charge in [-0.1, -0.05) is 0 Å². The topological polar surface area (TPSA) is 102 Å². The van der Waals surface area contributed by atoms with Gasteiger partial charge in [0.2, 0.25) is 5.91 Å². The Bertz CT molecular complexity index is 171. The van der Waals surface area contributed by atoms with Gasteiger partial charge in [-0.2, -0.15) is 5.48 Å². The molecule has 0 rings (SSSR count). The highest BCUT2D eigenvalue weighted by Gasteiger charge is 2.18. The van der Waals surface area contributed by atoms with Crippen LogP contribution in [0.4, 0.5) is 0 Å². The summed E-state index contributed by atoms with van der Waals surface area (Å²) < 4.78 is 4.53. The summed E-state index contributed by atoms with van der Waals surface area (Å²) in [5.74, 6) is -1.38. The minimum absolute atomic E-state index is 0.232. The number of carbonyl (C=O) groups is 2. The van der Waals surface area contributed by atoms with Gasteiger partial charge in [-0.3, -0.25) is 9.59 Å². The lowest BCUT2D eigenvalue weighted by Gasteiger charge is -2.09. The van der Waals surface area contributed by atoms with E-state index in [1.165, 1.54) is 0 Å². The van der Waals surface area contributed by atoms with E-state index in [0.29, 0.717) is 0 Å². The summed E-state index contributed by atoms with van der Waals surface area (Å²) in [6, 6.07) is -1.08. The highest BCUT2D eigenvalue weighted by atomic mass is 16.5. The molecule has 0 heterocycles. The maximum Gasteiger partial charge on any atom is 0.307 e. The number of ether oxygens (including phenoxy) is 1. The molecule has 0 saturated carbocycles. The van der Waals surface area contributed by atoms with Crippen LogP contribution in [0.15, 0.2) is 0 Å². The van der Waals surface area contributed by atoms with E-state index >= 15 is 0 Å². The predicted octanol–water partition coefficient (Wildman–Crippen LogP) is -1.23. The van der Waals surface area contributed by atoms with Crippen LogP contribution in [0.5, 0.6) is 0 Å². The lowest BCUT2D eigenvalue weighted by atomic mass is 10.2. The zero-order valence-corrected chi connectivity index (χ0v) is 6.74. The third-order valence-corrected chi connectivity index (χ3v) is 1.18. The van der Waals surface area contributed by atoms with Crippen LogP contribution < -0.4 is 11.2 Å². The van der Waals surface area contributed by atoms with Gasteiger partial charge >= 0.3 is 5.97 Å². The van der Waals surface area contributed by atoms with E-state index in [-0.39, 0.29) is 13.0 Å². The van der Waals surface area contributed by atoms with Crippen molar-refractivity contribution in [1.82, 2.24) is 5.48 Å². The molecule has 0 aliphatic rings. The number of nitrogens with two attached hydrogens (primary N) is 1. The number of nitrogens with one attached hydrogen (secondary N) is 1. The maximum absolute atomic E-state index is 10.7. The van der Waals surface area contributed by atoms with E-state index in [4.69, 9.17) is 10.9 Å². The van der Waals surface area contributed by atoms with Gasteiger partial charge in [0, 0.05) is 0 Å². The first-order valence-electron chi connectivity index (χ1n) is 3.46. The molecule has 0 radical (unpaired) electrons. The molecule has 0 fully saturated rings. The molecule has 12 heavy (non-hydrogen) atoms. The second kappa shape index (κ2) is 5.50. The smallest absolute Gasteiger partial charge is 0.307 e. The first-order chi connectivity index (χ1) is 5.61. The van der Waals surface area contributed by atoms with E-state index in [0.717, 1.165) is 0 Å². The van der Waals surface area contributed by atoms with Crippen molar-refractivity contribution in [2.75, 3.05) is 6.61 Å². The summed E-state index contributed by atoms with van der Waals surface area (Å²) in [6.45, 7) is 1.87. The maximum atomic E-state index is 10.7. The summed E-state index contributed by atoms with van der Waals surface area (Å²) >= 11 is 0. The molecule has 0 spiro atoms. The Morgan fingerprint density at radius 3 is 2.58 bits per heavy atom. The SMILES string of the molecule is CCOC(=O)CC(NO)C(N)=O. The number of hydroxylamine groups is 1. The van der Waals surface area contributed by atoms with Gasteiger partial charge in [-0.15, -0.1) is 0 Å². The van der Waals surface area contributed by atoms with Gasteiger partial charge in [0.25, 0.3) is 0 Å².